The van der Waals surface area contributed by atoms with Gasteiger partial charge in [-0.15, -0.1) is 0 Å². The highest BCUT2D eigenvalue weighted by Crippen LogP contribution is 2.30. The molecule has 0 aliphatic heterocycles. The van der Waals surface area contributed by atoms with E-state index in [0.29, 0.717) is 18.0 Å². The van der Waals surface area contributed by atoms with Crippen molar-refractivity contribution in [3.05, 3.63) is 58.6 Å². The van der Waals surface area contributed by atoms with Crippen LogP contribution in [0.3, 0.4) is 0 Å². The third-order valence-corrected chi connectivity index (χ3v) is 3.96. The molecule has 0 saturated heterocycles. The molecule has 0 spiro atoms. The van der Waals surface area contributed by atoms with Gasteiger partial charge >= 0.3 is 0 Å². The zero-order valence-corrected chi connectivity index (χ0v) is 14.1. The summed E-state index contributed by atoms with van der Waals surface area (Å²) < 4.78 is 10.8. The van der Waals surface area contributed by atoms with Crippen LogP contribution in [-0.4, -0.2) is 25.4 Å². The van der Waals surface area contributed by atoms with Crippen molar-refractivity contribution in [3.63, 3.8) is 0 Å². The molecule has 2 aromatic rings. The Bertz CT molecular complexity index is 633. The molecule has 0 aliphatic rings. The molecule has 0 aromatic heterocycles. The maximum absolute atomic E-state index is 8.85. The van der Waals surface area contributed by atoms with Crippen LogP contribution in [0.15, 0.2) is 42.5 Å². The van der Waals surface area contributed by atoms with Gasteiger partial charge in [0.15, 0.2) is 11.5 Å². The van der Waals surface area contributed by atoms with Crippen LogP contribution < -0.4 is 14.8 Å². The second-order valence-corrected chi connectivity index (χ2v) is 5.58. The average molecular weight is 336 g/mol. The van der Waals surface area contributed by atoms with Gasteiger partial charge in [0, 0.05) is 17.6 Å². The van der Waals surface area contributed by atoms with Crippen molar-refractivity contribution >= 4 is 11.6 Å². The van der Waals surface area contributed by atoms with Gasteiger partial charge in [0.05, 0.1) is 13.7 Å². The number of rotatable bonds is 8. The molecule has 2 aromatic carbocycles. The van der Waals surface area contributed by atoms with E-state index in [1.54, 1.807) is 7.11 Å². The molecular formula is C18H22ClNO3. The molecule has 1 unspecified atom stereocenters. The zero-order valence-electron chi connectivity index (χ0n) is 13.4. The predicted molar refractivity (Wildman–Crippen MR) is 92.3 cm³/mol. The first-order chi connectivity index (χ1) is 11.2. The predicted octanol–water partition coefficient (Wildman–Crippen LogP) is 3.57. The molecule has 1 atom stereocenters. The summed E-state index contributed by atoms with van der Waals surface area (Å²) in [4.78, 5) is 0. The SMILES string of the molecule is COc1cc(C(C)NCc2ccccc2Cl)ccc1OCCO. The summed E-state index contributed by atoms with van der Waals surface area (Å²) in [5.41, 5.74) is 2.15. The summed E-state index contributed by atoms with van der Waals surface area (Å²) in [5, 5.41) is 13.1. The number of nitrogens with one attached hydrogen (secondary N) is 1. The van der Waals surface area contributed by atoms with Gasteiger partial charge in [0.2, 0.25) is 0 Å². The van der Waals surface area contributed by atoms with Gasteiger partial charge in [-0.3, -0.25) is 0 Å². The average Bonchev–Trinajstić information content (AvgIpc) is 2.58. The van der Waals surface area contributed by atoms with Crippen LogP contribution in [0.5, 0.6) is 11.5 Å². The maximum atomic E-state index is 8.85. The second kappa shape index (κ2) is 8.77. The maximum Gasteiger partial charge on any atom is 0.161 e. The lowest BCUT2D eigenvalue weighted by Crippen LogP contribution is -2.18. The number of aliphatic hydroxyl groups excluding tert-OH is 1. The van der Waals surface area contributed by atoms with E-state index in [2.05, 4.69) is 12.2 Å². The summed E-state index contributed by atoms with van der Waals surface area (Å²) in [6.07, 6.45) is 0. The lowest BCUT2D eigenvalue weighted by Gasteiger charge is -2.17. The lowest BCUT2D eigenvalue weighted by atomic mass is 10.1. The first-order valence-electron chi connectivity index (χ1n) is 7.54. The lowest BCUT2D eigenvalue weighted by molar-refractivity contribution is 0.196. The standard InChI is InChI=1S/C18H22ClNO3/c1-13(20-12-15-5-3-4-6-16(15)19)14-7-8-17(23-10-9-21)18(11-14)22-2/h3-8,11,13,20-21H,9-10,12H2,1-2H3. The molecule has 0 heterocycles. The molecule has 0 bridgehead atoms. The van der Waals surface area contributed by atoms with Crippen molar-refractivity contribution in [2.24, 2.45) is 0 Å². The van der Waals surface area contributed by atoms with Crippen molar-refractivity contribution in [1.82, 2.24) is 5.32 Å². The van der Waals surface area contributed by atoms with Gasteiger partial charge in [-0.1, -0.05) is 35.9 Å². The number of aliphatic hydroxyl groups is 1. The molecule has 4 nitrogen and oxygen atoms in total. The smallest absolute Gasteiger partial charge is 0.161 e. The van der Waals surface area contributed by atoms with Gasteiger partial charge in [0.1, 0.15) is 6.61 Å². The fourth-order valence-electron chi connectivity index (χ4n) is 2.25. The summed E-state index contributed by atoms with van der Waals surface area (Å²) in [6.45, 7) is 2.99. The quantitative estimate of drug-likeness (QED) is 0.774. The largest absolute Gasteiger partial charge is 0.493 e. The highest BCUT2D eigenvalue weighted by Gasteiger charge is 2.11. The Morgan fingerprint density at radius 2 is 1.96 bits per heavy atom. The first kappa shape index (κ1) is 17.6. The van der Waals surface area contributed by atoms with Crippen molar-refractivity contribution in [1.29, 1.82) is 0 Å². The van der Waals surface area contributed by atoms with Gasteiger partial charge < -0.3 is 19.9 Å². The van der Waals surface area contributed by atoms with Crippen molar-refractivity contribution < 1.29 is 14.6 Å². The Labute approximate surface area is 142 Å². The minimum Gasteiger partial charge on any atom is -0.493 e. The number of hydrogen-bond acceptors (Lipinski definition) is 4. The molecule has 124 valence electrons. The molecule has 0 amide bonds. The van der Waals surface area contributed by atoms with E-state index in [1.807, 2.05) is 42.5 Å². The van der Waals surface area contributed by atoms with E-state index >= 15 is 0 Å². The Balaban J connectivity index is 2.04. The van der Waals surface area contributed by atoms with E-state index in [-0.39, 0.29) is 19.3 Å². The minimum absolute atomic E-state index is 0.0271. The van der Waals surface area contributed by atoms with Crippen molar-refractivity contribution in [3.8, 4) is 11.5 Å². The summed E-state index contributed by atoms with van der Waals surface area (Å²) in [6, 6.07) is 13.7. The second-order valence-electron chi connectivity index (χ2n) is 5.18. The summed E-state index contributed by atoms with van der Waals surface area (Å²) in [7, 11) is 1.60. The number of ether oxygens (including phenoxy) is 2. The Morgan fingerprint density at radius 3 is 2.65 bits per heavy atom. The third kappa shape index (κ3) is 4.86. The molecule has 0 aliphatic carbocycles. The van der Waals surface area contributed by atoms with Crippen LogP contribution in [0.1, 0.15) is 24.1 Å². The Hall–Kier alpha value is -1.75. The van der Waals surface area contributed by atoms with Gasteiger partial charge in [-0.25, -0.2) is 0 Å². The van der Waals surface area contributed by atoms with Crippen LogP contribution >= 0.6 is 11.6 Å². The molecule has 0 saturated carbocycles. The Kier molecular flexibility index (Phi) is 6.71. The summed E-state index contributed by atoms with van der Waals surface area (Å²) >= 11 is 6.17. The van der Waals surface area contributed by atoms with E-state index in [0.717, 1.165) is 16.1 Å². The number of benzene rings is 2. The topological polar surface area (TPSA) is 50.7 Å². The highest BCUT2D eigenvalue weighted by molar-refractivity contribution is 6.31. The van der Waals surface area contributed by atoms with Crippen molar-refractivity contribution in [2.45, 2.75) is 19.5 Å². The van der Waals surface area contributed by atoms with E-state index in [1.165, 1.54) is 0 Å². The summed E-state index contributed by atoms with van der Waals surface area (Å²) in [5.74, 6) is 1.28. The highest BCUT2D eigenvalue weighted by atomic mass is 35.5. The normalized spacial score (nSPS) is 12.0. The molecular weight excluding hydrogens is 314 g/mol. The van der Waals surface area contributed by atoms with Crippen LogP contribution in [0.2, 0.25) is 5.02 Å². The number of halogens is 1. The van der Waals surface area contributed by atoms with Crippen LogP contribution in [0, 0.1) is 0 Å². The van der Waals surface area contributed by atoms with Crippen LogP contribution in [0.4, 0.5) is 0 Å². The van der Waals surface area contributed by atoms with E-state index in [9.17, 15) is 0 Å². The van der Waals surface area contributed by atoms with Gasteiger partial charge in [-0.2, -0.15) is 0 Å². The number of methoxy groups -OCH3 is 1. The van der Waals surface area contributed by atoms with Gasteiger partial charge in [-0.05, 0) is 36.2 Å². The van der Waals surface area contributed by atoms with Gasteiger partial charge in [0.25, 0.3) is 0 Å². The molecule has 2 rings (SSSR count). The van der Waals surface area contributed by atoms with E-state index in [4.69, 9.17) is 26.2 Å². The molecule has 23 heavy (non-hydrogen) atoms. The molecule has 0 fully saturated rings. The van der Waals surface area contributed by atoms with E-state index < -0.39 is 0 Å². The minimum atomic E-state index is -0.0271. The third-order valence-electron chi connectivity index (χ3n) is 3.59. The fraction of sp³-hybridized carbons (Fsp3) is 0.333. The Morgan fingerprint density at radius 1 is 1.17 bits per heavy atom. The van der Waals surface area contributed by atoms with Crippen molar-refractivity contribution in [2.75, 3.05) is 20.3 Å². The van der Waals surface area contributed by atoms with Crippen LogP contribution in [0.25, 0.3) is 0 Å². The molecule has 2 N–H and O–H groups in total. The fourth-order valence-corrected chi connectivity index (χ4v) is 2.45. The molecule has 0 radical (unpaired) electrons. The first-order valence-corrected chi connectivity index (χ1v) is 7.92. The molecule has 5 heteroatoms. The zero-order chi connectivity index (χ0) is 16.7. The number of hydrogen-bond donors (Lipinski definition) is 2. The monoisotopic (exact) mass is 335 g/mol. The van der Waals surface area contributed by atoms with Crippen LogP contribution in [-0.2, 0) is 6.54 Å².